The summed E-state index contributed by atoms with van der Waals surface area (Å²) >= 11 is 3.62. The number of rotatable bonds is 2. The number of amides is 1. The summed E-state index contributed by atoms with van der Waals surface area (Å²) in [5.41, 5.74) is 1.75. The van der Waals surface area contributed by atoms with Crippen LogP contribution in [0.25, 0.3) is 0 Å². The van der Waals surface area contributed by atoms with Crippen molar-refractivity contribution in [1.82, 2.24) is 4.90 Å². The number of carbonyl (C=O) groups is 2. The van der Waals surface area contributed by atoms with Crippen LogP contribution >= 0.6 is 15.9 Å². The zero-order valence-corrected chi connectivity index (χ0v) is 14.3. The summed E-state index contributed by atoms with van der Waals surface area (Å²) < 4.78 is 12.4. The smallest absolute Gasteiger partial charge is 0.210 e. The van der Waals surface area contributed by atoms with Crippen LogP contribution in [0.3, 0.4) is 0 Å². The third kappa shape index (κ3) is 1.97. The zero-order chi connectivity index (χ0) is 16.2. The fourth-order valence-corrected chi connectivity index (χ4v) is 4.56. The molecular formula is C17H16BrNO4. The monoisotopic (exact) mass is 377 g/mol. The van der Waals surface area contributed by atoms with E-state index in [9.17, 15) is 9.59 Å². The molecule has 0 bridgehead atoms. The Morgan fingerprint density at radius 2 is 2.35 bits per heavy atom. The number of methoxy groups -OCH3 is 1. The summed E-state index contributed by atoms with van der Waals surface area (Å²) in [6, 6.07) is 1.87. The average molecular weight is 378 g/mol. The van der Waals surface area contributed by atoms with Gasteiger partial charge in [0.25, 0.3) is 0 Å². The molecule has 4 rings (SSSR count). The van der Waals surface area contributed by atoms with Crippen LogP contribution in [0.2, 0.25) is 0 Å². The molecule has 1 spiro atoms. The Labute approximate surface area is 142 Å². The van der Waals surface area contributed by atoms with Crippen molar-refractivity contribution in [2.45, 2.75) is 30.9 Å². The predicted molar refractivity (Wildman–Crippen MR) is 86.6 cm³/mol. The highest BCUT2D eigenvalue weighted by Crippen LogP contribution is 2.55. The first-order chi connectivity index (χ1) is 11.1. The van der Waals surface area contributed by atoms with E-state index in [1.54, 1.807) is 18.1 Å². The van der Waals surface area contributed by atoms with Crippen LogP contribution < -0.4 is 9.47 Å². The largest absolute Gasteiger partial charge is 0.495 e. The first-order valence-electron chi connectivity index (χ1n) is 7.57. The van der Waals surface area contributed by atoms with Crippen molar-refractivity contribution in [2.24, 2.45) is 0 Å². The van der Waals surface area contributed by atoms with Crippen molar-refractivity contribution in [3.63, 3.8) is 0 Å². The van der Waals surface area contributed by atoms with Gasteiger partial charge in [-0.3, -0.25) is 9.59 Å². The van der Waals surface area contributed by atoms with Gasteiger partial charge in [0.1, 0.15) is 17.6 Å². The number of ketones is 1. The molecule has 23 heavy (non-hydrogen) atoms. The third-order valence-electron chi connectivity index (χ3n) is 5.10. The molecule has 0 aromatic heterocycles. The highest BCUT2D eigenvalue weighted by molar-refractivity contribution is 9.10. The number of carbonyl (C=O) groups excluding carboxylic acids is 2. The van der Waals surface area contributed by atoms with Gasteiger partial charge >= 0.3 is 0 Å². The molecule has 2 aliphatic heterocycles. The molecule has 0 N–H and O–H groups in total. The Kier molecular flexibility index (Phi) is 3.27. The Morgan fingerprint density at radius 3 is 3.09 bits per heavy atom. The summed E-state index contributed by atoms with van der Waals surface area (Å²) in [4.78, 5) is 25.0. The van der Waals surface area contributed by atoms with Crippen LogP contribution in [0.15, 0.2) is 22.7 Å². The lowest BCUT2D eigenvalue weighted by atomic mass is 9.69. The molecule has 0 saturated carbocycles. The van der Waals surface area contributed by atoms with Crippen LogP contribution in [0.5, 0.6) is 11.5 Å². The Balaban J connectivity index is 1.99. The van der Waals surface area contributed by atoms with Crippen LogP contribution in [0.1, 0.15) is 24.0 Å². The van der Waals surface area contributed by atoms with Crippen LogP contribution in [-0.4, -0.2) is 36.9 Å². The quantitative estimate of drug-likeness (QED) is 0.742. The van der Waals surface area contributed by atoms with Gasteiger partial charge in [-0.15, -0.1) is 0 Å². The maximum atomic E-state index is 11.8. The number of hydrogen-bond donors (Lipinski definition) is 0. The third-order valence-corrected chi connectivity index (χ3v) is 5.97. The summed E-state index contributed by atoms with van der Waals surface area (Å²) in [5, 5.41) is 0. The van der Waals surface area contributed by atoms with Gasteiger partial charge in [-0.2, -0.15) is 0 Å². The van der Waals surface area contributed by atoms with Gasteiger partial charge in [0.15, 0.2) is 5.78 Å². The SMILES string of the molecule is COc1cc2c3c(c1Br)CN(C=O)CC[C@]31C=CC(=O)C[C@H]1O2. The van der Waals surface area contributed by atoms with Crippen LogP contribution in [0.4, 0.5) is 0 Å². The van der Waals surface area contributed by atoms with E-state index in [0.717, 1.165) is 34.2 Å². The van der Waals surface area contributed by atoms with Gasteiger partial charge in [-0.1, -0.05) is 6.08 Å². The topological polar surface area (TPSA) is 55.8 Å². The molecule has 1 aromatic rings. The van der Waals surface area contributed by atoms with E-state index in [4.69, 9.17) is 9.47 Å². The molecule has 6 heteroatoms. The van der Waals surface area contributed by atoms with E-state index in [1.165, 1.54) is 0 Å². The van der Waals surface area contributed by atoms with E-state index in [-0.39, 0.29) is 17.3 Å². The Morgan fingerprint density at radius 1 is 1.52 bits per heavy atom. The second kappa shape index (κ2) is 5.09. The maximum absolute atomic E-state index is 11.8. The lowest BCUT2D eigenvalue weighted by molar-refractivity contribution is -0.119. The highest BCUT2D eigenvalue weighted by Gasteiger charge is 2.52. The number of hydrogen-bond acceptors (Lipinski definition) is 4. The molecule has 0 fully saturated rings. The zero-order valence-electron chi connectivity index (χ0n) is 12.7. The van der Waals surface area contributed by atoms with E-state index in [2.05, 4.69) is 15.9 Å². The minimum absolute atomic E-state index is 0.0810. The standard InChI is InChI=1S/C17H16BrNO4/c1-22-13-7-12-15-11(16(13)18)8-19(9-20)5-4-17(15)3-2-10(21)6-14(17)23-12/h2-3,7,9,14H,4-6,8H2,1H3/t14-,17+/m1/s1. The molecular weight excluding hydrogens is 362 g/mol. The number of benzene rings is 1. The molecule has 2 atom stereocenters. The first-order valence-corrected chi connectivity index (χ1v) is 8.36. The minimum atomic E-state index is -0.342. The highest BCUT2D eigenvalue weighted by atomic mass is 79.9. The fraction of sp³-hybridized carbons (Fsp3) is 0.412. The van der Waals surface area contributed by atoms with Crippen LogP contribution in [0, 0.1) is 0 Å². The molecule has 2 heterocycles. The van der Waals surface area contributed by atoms with Crippen molar-refractivity contribution in [3.8, 4) is 11.5 Å². The van der Waals surface area contributed by atoms with Gasteiger partial charge in [0.05, 0.1) is 17.0 Å². The van der Waals surface area contributed by atoms with Crippen molar-refractivity contribution >= 4 is 28.1 Å². The molecule has 0 unspecified atom stereocenters. The lowest BCUT2D eigenvalue weighted by Crippen LogP contribution is -2.41. The Bertz CT molecular complexity index is 745. The van der Waals surface area contributed by atoms with Gasteiger partial charge in [-0.05, 0) is 34.0 Å². The molecule has 0 saturated heterocycles. The molecule has 120 valence electrons. The number of halogens is 1. The van der Waals surface area contributed by atoms with E-state index < -0.39 is 0 Å². The summed E-state index contributed by atoms with van der Waals surface area (Å²) in [6.45, 7) is 1.13. The van der Waals surface area contributed by atoms with Gasteiger partial charge in [0.2, 0.25) is 6.41 Å². The van der Waals surface area contributed by atoms with Gasteiger partial charge in [0, 0.05) is 31.1 Å². The molecule has 1 aliphatic carbocycles. The van der Waals surface area contributed by atoms with Gasteiger partial charge < -0.3 is 14.4 Å². The number of nitrogens with zero attached hydrogens (tertiary/aromatic N) is 1. The lowest BCUT2D eigenvalue weighted by Gasteiger charge is -2.33. The normalized spacial score (nSPS) is 27.8. The first kappa shape index (κ1) is 14.8. The Hall–Kier alpha value is -1.82. The van der Waals surface area contributed by atoms with Crippen molar-refractivity contribution in [3.05, 3.63) is 33.8 Å². The molecule has 3 aliphatic rings. The summed E-state index contributed by atoms with van der Waals surface area (Å²) in [5.74, 6) is 1.52. The van der Waals surface area contributed by atoms with Crippen LogP contribution in [-0.2, 0) is 21.5 Å². The average Bonchev–Trinajstić information content (AvgIpc) is 2.75. The molecule has 1 amide bonds. The molecule has 5 nitrogen and oxygen atoms in total. The van der Waals surface area contributed by atoms with Gasteiger partial charge in [-0.25, -0.2) is 0 Å². The fourth-order valence-electron chi connectivity index (χ4n) is 3.96. The number of allylic oxidation sites excluding steroid dienone is 1. The van der Waals surface area contributed by atoms with Crippen molar-refractivity contribution in [2.75, 3.05) is 13.7 Å². The van der Waals surface area contributed by atoms with E-state index in [1.807, 2.05) is 12.1 Å². The second-order valence-corrected chi connectivity index (χ2v) is 7.01. The van der Waals surface area contributed by atoms with Crippen molar-refractivity contribution in [1.29, 1.82) is 0 Å². The van der Waals surface area contributed by atoms with Crippen molar-refractivity contribution < 1.29 is 19.1 Å². The predicted octanol–water partition coefficient (Wildman–Crippen LogP) is 2.35. The number of ether oxygens (including phenoxy) is 2. The van der Waals surface area contributed by atoms with E-state index >= 15 is 0 Å². The van der Waals surface area contributed by atoms with E-state index in [0.29, 0.717) is 25.3 Å². The minimum Gasteiger partial charge on any atom is -0.495 e. The second-order valence-electron chi connectivity index (χ2n) is 6.22. The maximum Gasteiger partial charge on any atom is 0.210 e. The summed E-state index contributed by atoms with van der Waals surface area (Å²) in [7, 11) is 1.61. The molecule has 1 aromatic carbocycles. The molecule has 0 radical (unpaired) electrons. The summed E-state index contributed by atoms with van der Waals surface area (Å²) in [6.07, 6.45) is 5.42.